The van der Waals surface area contributed by atoms with Crippen LogP contribution in [0.3, 0.4) is 0 Å². The van der Waals surface area contributed by atoms with Crippen LogP contribution < -0.4 is 0 Å². The van der Waals surface area contributed by atoms with Crippen molar-refractivity contribution < 1.29 is 19.1 Å². The smallest absolute Gasteiger partial charge is 0.341 e. The van der Waals surface area contributed by atoms with Gasteiger partial charge in [-0.2, -0.15) is 0 Å². The molecule has 5 nitrogen and oxygen atoms in total. The number of methoxy groups -OCH3 is 1. The van der Waals surface area contributed by atoms with Gasteiger partial charge in [0, 0.05) is 19.2 Å². The van der Waals surface area contributed by atoms with E-state index in [0.29, 0.717) is 11.1 Å². The molecule has 2 fully saturated rings. The Morgan fingerprint density at radius 2 is 1.41 bits per heavy atom. The monoisotopic (exact) mass is 373 g/mol. The number of carbonyl (C=O) groups is 2. The summed E-state index contributed by atoms with van der Waals surface area (Å²) in [5, 5.41) is 0. The number of ether oxygens (including phenoxy) is 2. The lowest BCUT2D eigenvalue weighted by Crippen LogP contribution is -2.49. The number of hydrogen-bond donors (Lipinski definition) is 0. The van der Waals surface area contributed by atoms with E-state index in [0.717, 1.165) is 25.7 Å². The number of nitrogens with zero attached hydrogens (tertiary/aromatic N) is 1. The first-order valence-corrected chi connectivity index (χ1v) is 10.3. The average Bonchev–Trinajstić information content (AvgIpc) is 2.73. The Labute approximate surface area is 162 Å². The van der Waals surface area contributed by atoms with Crippen molar-refractivity contribution >= 4 is 11.9 Å². The van der Waals surface area contributed by atoms with Crippen molar-refractivity contribution in [2.75, 3.05) is 13.9 Å². The minimum absolute atomic E-state index is 0.0150. The van der Waals surface area contributed by atoms with Crippen molar-refractivity contribution in [3.8, 4) is 0 Å². The molecule has 2 saturated carbocycles. The van der Waals surface area contributed by atoms with E-state index in [1.807, 2.05) is 6.07 Å². The Morgan fingerprint density at radius 3 is 1.93 bits per heavy atom. The standard InChI is InChI=1S/C22H31NO4/c1-26-16-27-22(25)20-15-9-8-14-19(20)21(24)23(17-10-4-2-5-11-17)18-12-6-3-7-13-18/h8-9,14-15,17-18H,2-7,10-13,16H2,1H3. The zero-order chi connectivity index (χ0) is 19.1. The van der Waals surface area contributed by atoms with Crippen molar-refractivity contribution in [1.29, 1.82) is 0 Å². The van der Waals surface area contributed by atoms with Gasteiger partial charge in [0.05, 0.1) is 11.1 Å². The van der Waals surface area contributed by atoms with Crippen LogP contribution in [0, 0.1) is 0 Å². The zero-order valence-corrected chi connectivity index (χ0v) is 16.3. The quantitative estimate of drug-likeness (QED) is 0.542. The summed E-state index contributed by atoms with van der Waals surface area (Å²) in [6, 6.07) is 7.59. The van der Waals surface area contributed by atoms with E-state index in [2.05, 4.69) is 4.90 Å². The Bertz CT molecular complexity index is 615. The van der Waals surface area contributed by atoms with Crippen LogP contribution in [-0.2, 0) is 9.47 Å². The molecule has 5 heteroatoms. The fourth-order valence-corrected chi connectivity index (χ4v) is 4.53. The lowest BCUT2D eigenvalue weighted by molar-refractivity contribution is -0.0127. The first kappa shape index (κ1) is 19.9. The lowest BCUT2D eigenvalue weighted by atomic mass is 9.87. The zero-order valence-electron chi connectivity index (χ0n) is 16.3. The van der Waals surface area contributed by atoms with Gasteiger partial charge >= 0.3 is 5.97 Å². The number of benzene rings is 1. The predicted molar refractivity (Wildman–Crippen MR) is 104 cm³/mol. The fraction of sp³-hybridized carbons (Fsp3) is 0.636. The van der Waals surface area contributed by atoms with Crippen molar-refractivity contribution in [1.82, 2.24) is 4.90 Å². The van der Waals surface area contributed by atoms with Gasteiger partial charge in [0.15, 0.2) is 6.79 Å². The molecular weight excluding hydrogens is 342 g/mol. The fourth-order valence-electron chi connectivity index (χ4n) is 4.53. The summed E-state index contributed by atoms with van der Waals surface area (Å²) in [5.74, 6) is -0.521. The van der Waals surface area contributed by atoms with Crippen LogP contribution in [0.15, 0.2) is 24.3 Å². The third kappa shape index (κ3) is 4.89. The normalized spacial score (nSPS) is 18.9. The molecule has 0 heterocycles. The van der Waals surface area contributed by atoms with Crippen molar-refractivity contribution in [2.45, 2.75) is 76.3 Å². The lowest BCUT2D eigenvalue weighted by Gasteiger charge is -2.42. The molecular formula is C22H31NO4. The van der Waals surface area contributed by atoms with E-state index in [1.165, 1.54) is 45.6 Å². The molecule has 0 spiro atoms. The van der Waals surface area contributed by atoms with E-state index in [4.69, 9.17) is 9.47 Å². The van der Waals surface area contributed by atoms with Gasteiger partial charge in [-0.05, 0) is 37.8 Å². The molecule has 1 amide bonds. The minimum atomic E-state index is -0.506. The van der Waals surface area contributed by atoms with Crippen LogP contribution >= 0.6 is 0 Å². The molecule has 1 aromatic carbocycles. The summed E-state index contributed by atoms with van der Waals surface area (Å²) < 4.78 is 9.94. The molecule has 2 aliphatic rings. The summed E-state index contributed by atoms with van der Waals surface area (Å²) in [7, 11) is 1.47. The largest absolute Gasteiger partial charge is 0.435 e. The van der Waals surface area contributed by atoms with E-state index in [9.17, 15) is 9.59 Å². The maximum atomic E-state index is 13.6. The highest BCUT2D eigenvalue weighted by Crippen LogP contribution is 2.32. The van der Waals surface area contributed by atoms with E-state index in [-0.39, 0.29) is 24.8 Å². The topological polar surface area (TPSA) is 55.8 Å². The first-order chi connectivity index (χ1) is 13.2. The Kier molecular flexibility index (Phi) is 7.27. The van der Waals surface area contributed by atoms with Crippen LogP contribution in [0.4, 0.5) is 0 Å². The summed E-state index contributed by atoms with van der Waals surface area (Å²) in [4.78, 5) is 28.2. The van der Waals surface area contributed by atoms with Gasteiger partial charge < -0.3 is 14.4 Å². The van der Waals surface area contributed by atoms with Crippen LogP contribution in [0.2, 0.25) is 0 Å². The Balaban J connectivity index is 1.88. The molecule has 0 aliphatic heterocycles. The number of esters is 1. The summed E-state index contributed by atoms with van der Waals surface area (Å²) in [6.45, 7) is -0.115. The summed E-state index contributed by atoms with van der Waals surface area (Å²) >= 11 is 0. The van der Waals surface area contributed by atoms with Crippen LogP contribution in [0.25, 0.3) is 0 Å². The molecule has 0 unspecified atom stereocenters. The van der Waals surface area contributed by atoms with Crippen LogP contribution in [0.1, 0.15) is 84.9 Å². The molecule has 0 saturated heterocycles. The van der Waals surface area contributed by atoms with Gasteiger partial charge in [-0.3, -0.25) is 4.79 Å². The molecule has 148 valence electrons. The third-order valence-corrected chi connectivity index (χ3v) is 5.86. The molecule has 0 aromatic heterocycles. The van der Waals surface area contributed by atoms with E-state index in [1.54, 1.807) is 18.2 Å². The van der Waals surface area contributed by atoms with Crippen LogP contribution in [0.5, 0.6) is 0 Å². The molecule has 27 heavy (non-hydrogen) atoms. The summed E-state index contributed by atoms with van der Waals surface area (Å²) in [5.41, 5.74) is 0.783. The highest BCUT2D eigenvalue weighted by Gasteiger charge is 2.34. The second-order valence-electron chi connectivity index (χ2n) is 7.68. The highest BCUT2D eigenvalue weighted by atomic mass is 16.7. The second-order valence-corrected chi connectivity index (χ2v) is 7.68. The number of rotatable bonds is 6. The van der Waals surface area contributed by atoms with E-state index >= 15 is 0 Å². The van der Waals surface area contributed by atoms with Crippen molar-refractivity contribution in [2.24, 2.45) is 0 Å². The first-order valence-electron chi connectivity index (χ1n) is 10.3. The average molecular weight is 373 g/mol. The third-order valence-electron chi connectivity index (χ3n) is 5.86. The van der Waals surface area contributed by atoms with Gasteiger partial charge in [0.1, 0.15) is 0 Å². The SMILES string of the molecule is COCOC(=O)c1ccccc1C(=O)N(C1CCCCC1)C1CCCCC1. The van der Waals surface area contributed by atoms with Crippen molar-refractivity contribution in [3.63, 3.8) is 0 Å². The van der Waals surface area contributed by atoms with Crippen molar-refractivity contribution in [3.05, 3.63) is 35.4 Å². The van der Waals surface area contributed by atoms with Gasteiger partial charge in [0.2, 0.25) is 0 Å². The number of hydrogen-bond acceptors (Lipinski definition) is 4. The molecule has 0 bridgehead atoms. The van der Waals surface area contributed by atoms with Gasteiger partial charge in [-0.25, -0.2) is 4.79 Å². The highest BCUT2D eigenvalue weighted by molar-refractivity contribution is 6.05. The maximum absolute atomic E-state index is 13.6. The second kappa shape index (κ2) is 9.88. The molecule has 3 rings (SSSR count). The van der Waals surface area contributed by atoms with E-state index < -0.39 is 5.97 Å². The molecule has 0 radical (unpaired) electrons. The number of carbonyl (C=O) groups excluding carboxylic acids is 2. The molecule has 1 aromatic rings. The summed E-state index contributed by atoms with van der Waals surface area (Å²) in [6.07, 6.45) is 11.5. The number of amides is 1. The Morgan fingerprint density at radius 1 is 0.889 bits per heavy atom. The molecule has 2 aliphatic carbocycles. The van der Waals surface area contributed by atoms with Crippen LogP contribution in [-0.4, -0.2) is 42.8 Å². The minimum Gasteiger partial charge on any atom is -0.435 e. The molecule has 0 N–H and O–H groups in total. The Hall–Kier alpha value is -1.88. The maximum Gasteiger partial charge on any atom is 0.341 e. The van der Waals surface area contributed by atoms with Gasteiger partial charge in [-0.1, -0.05) is 50.7 Å². The molecule has 0 atom stereocenters. The van der Waals surface area contributed by atoms with Gasteiger partial charge in [0.25, 0.3) is 5.91 Å². The van der Waals surface area contributed by atoms with Gasteiger partial charge in [-0.15, -0.1) is 0 Å². The predicted octanol–water partition coefficient (Wildman–Crippen LogP) is 4.55.